The Hall–Kier alpha value is -1.19. The minimum absolute atomic E-state index is 0.333. The van der Waals surface area contributed by atoms with Gasteiger partial charge in [0.2, 0.25) is 0 Å². The summed E-state index contributed by atoms with van der Waals surface area (Å²) in [4.78, 5) is 3.97. The average molecular weight is 190 g/mol. The summed E-state index contributed by atoms with van der Waals surface area (Å²) in [5.74, 6) is 0. The first-order valence-corrected chi connectivity index (χ1v) is 4.82. The molecule has 1 aromatic heterocycles. The van der Waals surface area contributed by atoms with Crippen molar-refractivity contribution in [1.82, 2.24) is 10.3 Å². The quantitative estimate of drug-likeness (QED) is 0.668. The fourth-order valence-electron chi connectivity index (χ4n) is 1.65. The normalized spacial score (nSPS) is 21.8. The minimum atomic E-state index is -0.333. The van der Waals surface area contributed by atoms with Gasteiger partial charge in [0, 0.05) is 25.5 Å². The van der Waals surface area contributed by atoms with Gasteiger partial charge in [-0.05, 0) is 24.1 Å². The summed E-state index contributed by atoms with van der Waals surface area (Å²) in [6.07, 6.45) is 6.09. The first-order chi connectivity index (χ1) is 6.84. The van der Waals surface area contributed by atoms with Gasteiger partial charge in [-0.25, -0.2) is 0 Å². The molecule has 1 aromatic rings. The maximum absolute atomic E-state index is 9.41. The molecule has 0 aromatic carbocycles. The van der Waals surface area contributed by atoms with Crippen LogP contribution in [0.5, 0.6) is 0 Å². The van der Waals surface area contributed by atoms with E-state index in [1.54, 1.807) is 12.4 Å². The predicted molar refractivity (Wildman–Crippen MR) is 54.9 cm³/mol. The summed E-state index contributed by atoms with van der Waals surface area (Å²) in [5, 5.41) is 12.6. The van der Waals surface area contributed by atoms with Crippen molar-refractivity contribution in [2.45, 2.75) is 12.5 Å². The maximum Gasteiger partial charge on any atom is 0.0848 e. The SMILES string of the molecule is OC1C=C(Cc2ccncc2)CNC1. The summed E-state index contributed by atoms with van der Waals surface area (Å²) in [6.45, 7) is 1.54. The molecule has 1 atom stereocenters. The van der Waals surface area contributed by atoms with E-state index in [1.165, 1.54) is 11.1 Å². The van der Waals surface area contributed by atoms with Gasteiger partial charge in [-0.1, -0.05) is 11.6 Å². The summed E-state index contributed by atoms with van der Waals surface area (Å²) >= 11 is 0. The zero-order valence-corrected chi connectivity index (χ0v) is 7.98. The molecule has 3 heteroatoms. The zero-order valence-electron chi connectivity index (χ0n) is 7.98. The molecule has 74 valence electrons. The van der Waals surface area contributed by atoms with Crippen LogP contribution in [-0.4, -0.2) is 29.3 Å². The first-order valence-electron chi connectivity index (χ1n) is 4.82. The predicted octanol–water partition coefficient (Wildman–Crippen LogP) is 0.515. The fourth-order valence-corrected chi connectivity index (χ4v) is 1.65. The second kappa shape index (κ2) is 4.35. The molecule has 0 radical (unpaired) electrons. The van der Waals surface area contributed by atoms with Crippen molar-refractivity contribution in [3.05, 3.63) is 41.7 Å². The van der Waals surface area contributed by atoms with Crippen molar-refractivity contribution in [1.29, 1.82) is 0 Å². The minimum Gasteiger partial charge on any atom is -0.388 e. The Balaban J connectivity index is 2.04. The second-order valence-corrected chi connectivity index (χ2v) is 3.56. The molecule has 2 N–H and O–H groups in total. The molecule has 3 nitrogen and oxygen atoms in total. The van der Waals surface area contributed by atoms with Crippen molar-refractivity contribution in [3.63, 3.8) is 0 Å². The molecule has 0 spiro atoms. The van der Waals surface area contributed by atoms with Crippen LogP contribution < -0.4 is 5.32 Å². The smallest absolute Gasteiger partial charge is 0.0848 e. The van der Waals surface area contributed by atoms with Gasteiger partial charge >= 0.3 is 0 Å². The molecular weight excluding hydrogens is 176 g/mol. The third-order valence-electron chi connectivity index (χ3n) is 2.31. The van der Waals surface area contributed by atoms with Gasteiger partial charge in [0.25, 0.3) is 0 Å². The number of rotatable bonds is 2. The lowest BCUT2D eigenvalue weighted by molar-refractivity contribution is 0.213. The molecule has 2 rings (SSSR count). The lowest BCUT2D eigenvalue weighted by atomic mass is 10.0. The highest BCUT2D eigenvalue weighted by Crippen LogP contribution is 2.09. The second-order valence-electron chi connectivity index (χ2n) is 3.56. The summed E-state index contributed by atoms with van der Waals surface area (Å²) in [6, 6.07) is 4.00. The molecule has 1 aliphatic heterocycles. The van der Waals surface area contributed by atoms with Crippen molar-refractivity contribution in [3.8, 4) is 0 Å². The van der Waals surface area contributed by atoms with Gasteiger partial charge in [-0.2, -0.15) is 0 Å². The number of nitrogens with zero attached hydrogens (tertiary/aromatic N) is 1. The van der Waals surface area contributed by atoms with Gasteiger partial charge in [-0.3, -0.25) is 4.98 Å². The molecule has 14 heavy (non-hydrogen) atoms. The van der Waals surface area contributed by atoms with E-state index in [-0.39, 0.29) is 6.10 Å². The molecule has 0 saturated heterocycles. The van der Waals surface area contributed by atoms with Crippen LogP contribution in [0.15, 0.2) is 36.2 Å². The van der Waals surface area contributed by atoms with Gasteiger partial charge < -0.3 is 10.4 Å². The molecule has 1 unspecified atom stereocenters. The highest BCUT2D eigenvalue weighted by atomic mass is 16.3. The molecule has 1 aliphatic rings. The average Bonchev–Trinajstić information content (AvgIpc) is 2.19. The van der Waals surface area contributed by atoms with E-state index in [4.69, 9.17) is 0 Å². The van der Waals surface area contributed by atoms with E-state index < -0.39 is 0 Å². The Kier molecular flexibility index (Phi) is 2.91. The van der Waals surface area contributed by atoms with Crippen LogP contribution >= 0.6 is 0 Å². The van der Waals surface area contributed by atoms with E-state index >= 15 is 0 Å². The summed E-state index contributed by atoms with van der Waals surface area (Å²) in [7, 11) is 0. The standard InChI is InChI=1S/C11H14N2O/c14-11-6-10(7-13-8-11)5-9-1-3-12-4-2-9/h1-4,6,11,13-14H,5,7-8H2. The Morgan fingerprint density at radius 1 is 1.43 bits per heavy atom. The summed E-state index contributed by atoms with van der Waals surface area (Å²) < 4.78 is 0. The number of hydrogen-bond donors (Lipinski definition) is 2. The molecular formula is C11H14N2O. The van der Waals surface area contributed by atoms with E-state index in [1.807, 2.05) is 18.2 Å². The monoisotopic (exact) mass is 190 g/mol. The highest BCUT2D eigenvalue weighted by Gasteiger charge is 2.09. The van der Waals surface area contributed by atoms with E-state index in [0.29, 0.717) is 6.54 Å². The van der Waals surface area contributed by atoms with Crippen molar-refractivity contribution in [2.75, 3.05) is 13.1 Å². The van der Waals surface area contributed by atoms with Crippen LogP contribution in [0.3, 0.4) is 0 Å². The van der Waals surface area contributed by atoms with E-state index in [9.17, 15) is 5.11 Å². The fraction of sp³-hybridized carbons (Fsp3) is 0.364. The first kappa shape index (κ1) is 9.37. The van der Waals surface area contributed by atoms with Gasteiger partial charge in [0.15, 0.2) is 0 Å². The zero-order chi connectivity index (χ0) is 9.80. The Labute approximate surface area is 83.5 Å². The third kappa shape index (κ3) is 2.40. The van der Waals surface area contributed by atoms with Crippen LogP contribution in [0.1, 0.15) is 5.56 Å². The van der Waals surface area contributed by atoms with Crippen LogP contribution in [0, 0.1) is 0 Å². The highest BCUT2D eigenvalue weighted by molar-refractivity contribution is 5.22. The van der Waals surface area contributed by atoms with E-state index in [2.05, 4.69) is 10.3 Å². The van der Waals surface area contributed by atoms with Gasteiger partial charge in [0.05, 0.1) is 6.10 Å². The van der Waals surface area contributed by atoms with Gasteiger partial charge in [-0.15, -0.1) is 0 Å². The number of aliphatic hydroxyl groups is 1. The number of pyridine rings is 1. The lowest BCUT2D eigenvalue weighted by Gasteiger charge is -2.18. The van der Waals surface area contributed by atoms with Crippen LogP contribution in [-0.2, 0) is 6.42 Å². The number of hydrogen-bond acceptors (Lipinski definition) is 3. The molecule has 0 saturated carbocycles. The molecule has 0 fully saturated rings. The van der Waals surface area contributed by atoms with E-state index in [0.717, 1.165) is 13.0 Å². The Morgan fingerprint density at radius 2 is 2.21 bits per heavy atom. The number of aromatic nitrogens is 1. The Bertz CT molecular complexity index is 321. The molecule has 0 amide bonds. The largest absolute Gasteiger partial charge is 0.388 e. The number of aliphatic hydroxyl groups excluding tert-OH is 1. The van der Waals surface area contributed by atoms with Crippen LogP contribution in [0.2, 0.25) is 0 Å². The van der Waals surface area contributed by atoms with Gasteiger partial charge in [0.1, 0.15) is 0 Å². The summed E-state index contributed by atoms with van der Waals surface area (Å²) in [5.41, 5.74) is 2.48. The lowest BCUT2D eigenvalue weighted by Crippen LogP contribution is -2.32. The third-order valence-corrected chi connectivity index (χ3v) is 2.31. The van der Waals surface area contributed by atoms with Crippen LogP contribution in [0.25, 0.3) is 0 Å². The number of β-amino-alcohol motifs (C(OH)–C–C–N with tert-alkyl or cyclic N) is 1. The van der Waals surface area contributed by atoms with Crippen molar-refractivity contribution >= 4 is 0 Å². The molecule has 2 heterocycles. The molecule has 0 bridgehead atoms. The maximum atomic E-state index is 9.41. The molecule has 0 aliphatic carbocycles. The number of nitrogens with one attached hydrogen (secondary N) is 1. The van der Waals surface area contributed by atoms with Crippen molar-refractivity contribution in [2.24, 2.45) is 0 Å². The topological polar surface area (TPSA) is 45.2 Å². The van der Waals surface area contributed by atoms with Crippen molar-refractivity contribution < 1.29 is 5.11 Å². The Morgan fingerprint density at radius 3 is 2.93 bits per heavy atom. The van der Waals surface area contributed by atoms with Crippen LogP contribution in [0.4, 0.5) is 0 Å².